The van der Waals surface area contributed by atoms with Gasteiger partial charge in [0.15, 0.2) is 0 Å². The van der Waals surface area contributed by atoms with E-state index in [2.05, 4.69) is 10.3 Å². The van der Waals surface area contributed by atoms with Gasteiger partial charge in [0, 0.05) is 31.2 Å². The largest absolute Gasteiger partial charge is 0.333 e. The fourth-order valence-corrected chi connectivity index (χ4v) is 2.74. The van der Waals surface area contributed by atoms with E-state index >= 15 is 0 Å². The number of rotatable bonds is 4. The Hall–Kier alpha value is -2.96. The second-order valence-electron chi connectivity index (χ2n) is 5.54. The molecule has 0 atom stereocenters. The molecule has 24 heavy (non-hydrogen) atoms. The molecule has 1 saturated heterocycles. The summed E-state index contributed by atoms with van der Waals surface area (Å²) in [4.78, 5) is 43.2. The predicted octanol–water partition coefficient (Wildman–Crippen LogP) is 0.864. The summed E-state index contributed by atoms with van der Waals surface area (Å²) in [7, 11) is 0. The molecule has 1 aliphatic rings. The van der Waals surface area contributed by atoms with Crippen molar-refractivity contribution in [2.24, 2.45) is 0 Å². The number of benzene rings is 1. The molecule has 124 valence electrons. The van der Waals surface area contributed by atoms with Crippen molar-refractivity contribution in [3.05, 3.63) is 36.5 Å². The second-order valence-corrected chi connectivity index (χ2v) is 5.54. The lowest BCUT2D eigenvalue weighted by molar-refractivity contribution is -0.156. The van der Waals surface area contributed by atoms with Crippen molar-refractivity contribution in [2.75, 3.05) is 31.5 Å². The highest BCUT2D eigenvalue weighted by Crippen LogP contribution is 2.21. The maximum absolute atomic E-state index is 12.3. The van der Waals surface area contributed by atoms with Crippen molar-refractivity contribution in [2.45, 2.75) is 6.92 Å². The number of pyridine rings is 1. The minimum absolute atomic E-state index is 0.140. The molecule has 7 heteroatoms. The quantitative estimate of drug-likeness (QED) is 0.845. The van der Waals surface area contributed by atoms with Gasteiger partial charge in [0.2, 0.25) is 5.91 Å². The molecule has 1 aromatic heterocycles. The normalized spacial score (nSPS) is 15.0. The molecular weight excluding hydrogens is 308 g/mol. The molecule has 0 unspecified atom stereocenters. The average molecular weight is 326 g/mol. The highest BCUT2D eigenvalue weighted by atomic mass is 16.2. The highest BCUT2D eigenvalue weighted by Gasteiger charge is 2.32. The molecule has 1 aromatic carbocycles. The van der Waals surface area contributed by atoms with E-state index in [1.54, 1.807) is 24.4 Å². The minimum atomic E-state index is -0.627. The summed E-state index contributed by atoms with van der Waals surface area (Å²) < 4.78 is 0. The van der Waals surface area contributed by atoms with E-state index in [0.29, 0.717) is 25.3 Å². The van der Waals surface area contributed by atoms with Crippen LogP contribution in [0.4, 0.5) is 5.69 Å². The zero-order chi connectivity index (χ0) is 17.1. The number of amides is 3. The van der Waals surface area contributed by atoms with Crippen LogP contribution in [0.2, 0.25) is 0 Å². The molecular formula is C17H18N4O3. The predicted molar refractivity (Wildman–Crippen MR) is 89.2 cm³/mol. The van der Waals surface area contributed by atoms with E-state index in [1.165, 1.54) is 9.80 Å². The summed E-state index contributed by atoms with van der Waals surface area (Å²) >= 11 is 0. The molecule has 3 rings (SSSR count). The van der Waals surface area contributed by atoms with Gasteiger partial charge in [0.05, 0.1) is 11.2 Å². The molecule has 1 fully saturated rings. The fraction of sp³-hybridized carbons (Fsp3) is 0.294. The van der Waals surface area contributed by atoms with Crippen LogP contribution in [-0.4, -0.2) is 58.7 Å². The van der Waals surface area contributed by atoms with Gasteiger partial charge in [-0.05, 0) is 31.2 Å². The van der Waals surface area contributed by atoms with Gasteiger partial charge in [-0.1, -0.05) is 6.07 Å². The summed E-state index contributed by atoms with van der Waals surface area (Å²) in [6, 6.07) is 9.11. The van der Waals surface area contributed by atoms with E-state index in [9.17, 15) is 14.4 Å². The second kappa shape index (κ2) is 6.66. The van der Waals surface area contributed by atoms with Crippen LogP contribution in [0.3, 0.4) is 0 Å². The molecule has 0 spiro atoms. The summed E-state index contributed by atoms with van der Waals surface area (Å²) in [5, 5.41) is 3.62. The number of piperazine rings is 1. The number of aromatic nitrogens is 1. The number of carbonyl (C=O) groups excluding carboxylic acids is 3. The first-order valence-electron chi connectivity index (χ1n) is 7.82. The molecule has 2 aromatic rings. The lowest BCUT2D eigenvalue weighted by Gasteiger charge is -2.32. The number of hydrogen-bond donors (Lipinski definition) is 1. The van der Waals surface area contributed by atoms with Crippen LogP contribution in [0.25, 0.3) is 10.9 Å². The number of carbonyl (C=O) groups is 3. The third kappa shape index (κ3) is 3.05. The van der Waals surface area contributed by atoms with Crippen molar-refractivity contribution >= 4 is 34.3 Å². The summed E-state index contributed by atoms with van der Waals surface area (Å²) in [5.41, 5.74) is 1.41. The summed E-state index contributed by atoms with van der Waals surface area (Å²) in [6.45, 7) is 2.99. The van der Waals surface area contributed by atoms with Gasteiger partial charge < -0.3 is 15.1 Å². The van der Waals surface area contributed by atoms with Gasteiger partial charge in [0.1, 0.15) is 6.54 Å². The maximum Gasteiger partial charge on any atom is 0.312 e. The number of fused-ring (bicyclic) bond motifs is 1. The lowest BCUT2D eigenvalue weighted by Crippen LogP contribution is -2.55. The van der Waals surface area contributed by atoms with Crippen LogP contribution in [-0.2, 0) is 14.4 Å². The van der Waals surface area contributed by atoms with E-state index in [4.69, 9.17) is 0 Å². The highest BCUT2D eigenvalue weighted by molar-refractivity contribution is 6.35. The molecule has 0 aliphatic carbocycles. The zero-order valence-corrected chi connectivity index (χ0v) is 13.4. The topological polar surface area (TPSA) is 82.6 Å². The molecule has 0 bridgehead atoms. The van der Waals surface area contributed by atoms with Crippen LogP contribution >= 0.6 is 0 Å². The third-order valence-electron chi connectivity index (χ3n) is 4.03. The standard InChI is InChI=1S/C17H18N4O3/c1-2-20-9-10-21(17(24)16(20)23)11-15(22)19-14-7-3-6-13-12(14)5-4-8-18-13/h3-8H,2,9-11H2,1H3,(H,19,22). The molecule has 2 heterocycles. The Morgan fingerprint density at radius 3 is 2.67 bits per heavy atom. The number of anilines is 1. The van der Waals surface area contributed by atoms with Crippen LogP contribution < -0.4 is 5.32 Å². The molecule has 1 aliphatic heterocycles. The van der Waals surface area contributed by atoms with Crippen molar-refractivity contribution in [1.29, 1.82) is 0 Å². The summed E-state index contributed by atoms with van der Waals surface area (Å²) in [5.74, 6) is -1.51. The Kier molecular flexibility index (Phi) is 4.41. The first-order chi connectivity index (χ1) is 11.6. The van der Waals surface area contributed by atoms with Crippen molar-refractivity contribution in [3.63, 3.8) is 0 Å². The van der Waals surface area contributed by atoms with E-state index in [1.807, 2.05) is 19.1 Å². The van der Waals surface area contributed by atoms with Gasteiger partial charge in [-0.3, -0.25) is 19.4 Å². The lowest BCUT2D eigenvalue weighted by atomic mass is 10.2. The van der Waals surface area contributed by atoms with Crippen LogP contribution in [0, 0.1) is 0 Å². The molecule has 3 amide bonds. The van der Waals surface area contributed by atoms with Gasteiger partial charge in [0.25, 0.3) is 0 Å². The van der Waals surface area contributed by atoms with E-state index in [-0.39, 0.29) is 12.5 Å². The third-order valence-corrected chi connectivity index (χ3v) is 4.03. The monoisotopic (exact) mass is 326 g/mol. The van der Waals surface area contributed by atoms with Crippen molar-refractivity contribution in [3.8, 4) is 0 Å². The molecule has 0 radical (unpaired) electrons. The Bertz CT molecular complexity index is 800. The van der Waals surface area contributed by atoms with E-state index in [0.717, 1.165) is 10.9 Å². The fourth-order valence-electron chi connectivity index (χ4n) is 2.74. The number of likely N-dealkylation sites (N-methyl/N-ethyl adjacent to an activating group) is 1. The minimum Gasteiger partial charge on any atom is -0.333 e. The summed E-state index contributed by atoms with van der Waals surface area (Å²) in [6.07, 6.45) is 1.69. The smallest absolute Gasteiger partial charge is 0.312 e. The van der Waals surface area contributed by atoms with Gasteiger partial charge in [-0.15, -0.1) is 0 Å². The average Bonchev–Trinajstić information content (AvgIpc) is 2.59. The SMILES string of the molecule is CCN1CCN(CC(=O)Nc2cccc3ncccc23)C(=O)C1=O. The number of nitrogens with one attached hydrogen (secondary N) is 1. The van der Waals surface area contributed by atoms with Crippen LogP contribution in [0.1, 0.15) is 6.92 Å². The van der Waals surface area contributed by atoms with Gasteiger partial charge in [-0.25, -0.2) is 0 Å². The molecule has 0 saturated carbocycles. The Labute approximate surface area is 139 Å². The zero-order valence-electron chi connectivity index (χ0n) is 13.4. The van der Waals surface area contributed by atoms with Crippen LogP contribution in [0.15, 0.2) is 36.5 Å². The Morgan fingerprint density at radius 1 is 1.12 bits per heavy atom. The first kappa shape index (κ1) is 15.9. The molecule has 1 N–H and O–H groups in total. The first-order valence-corrected chi connectivity index (χ1v) is 7.82. The van der Waals surface area contributed by atoms with Crippen molar-refractivity contribution < 1.29 is 14.4 Å². The van der Waals surface area contributed by atoms with Gasteiger partial charge >= 0.3 is 11.8 Å². The van der Waals surface area contributed by atoms with E-state index < -0.39 is 11.8 Å². The Morgan fingerprint density at radius 2 is 1.88 bits per heavy atom. The molecule has 7 nitrogen and oxygen atoms in total. The Balaban J connectivity index is 1.70. The maximum atomic E-state index is 12.3. The number of nitrogens with zero attached hydrogens (tertiary/aromatic N) is 3. The van der Waals surface area contributed by atoms with Crippen LogP contribution in [0.5, 0.6) is 0 Å². The number of hydrogen-bond acceptors (Lipinski definition) is 4. The van der Waals surface area contributed by atoms with Crippen molar-refractivity contribution in [1.82, 2.24) is 14.8 Å². The van der Waals surface area contributed by atoms with Gasteiger partial charge in [-0.2, -0.15) is 0 Å².